The summed E-state index contributed by atoms with van der Waals surface area (Å²) < 4.78 is 16.5. The molecule has 3 aliphatic rings. The van der Waals surface area contributed by atoms with Crippen molar-refractivity contribution in [2.75, 3.05) is 10.6 Å². The zero-order chi connectivity index (χ0) is 20.3. The fourth-order valence-corrected chi connectivity index (χ4v) is 5.04. The molecule has 2 saturated carbocycles. The van der Waals surface area contributed by atoms with E-state index in [0.717, 1.165) is 36.8 Å². The Labute approximate surface area is 177 Å². The monoisotopic (exact) mass is 410 g/mol. The first kappa shape index (κ1) is 19.5. The molecular formula is C23H31FN6. The topological polar surface area (TPSA) is 67.7 Å². The quantitative estimate of drug-likeness (QED) is 0.631. The number of nitrogens with one attached hydrogen (secondary N) is 2. The van der Waals surface area contributed by atoms with Gasteiger partial charge in [-0.25, -0.2) is 14.4 Å². The number of fused-ring (bicyclic) bond motifs is 1. The Morgan fingerprint density at radius 3 is 2.40 bits per heavy atom. The lowest BCUT2D eigenvalue weighted by Crippen LogP contribution is -2.23. The summed E-state index contributed by atoms with van der Waals surface area (Å²) >= 11 is 0. The molecule has 0 spiro atoms. The number of anilines is 2. The summed E-state index contributed by atoms with van der Waals surface area (Å²) in [5, 5.41) is 6.80. The summed E-state index contributed by atoms with van der Waals surface area (Å²) in [6.45, 7) is 0. The Bertz CT molecular complexity index is 950. The van der Waals surface area contributed by atoms with E-state index >= 15 is 0 Å². The molecule has 5 rings (SSSR count). The van der Waals surface area contributed by atoms with E-state index in [2.05, 4.69) is 20.2 Å². The minimum Gasteiger partial charge on any atom is -0.351 e. The van der Waals surface area contributed by atoms with Crippen LogP contribution in [0.25, 0.3) is 11.2 Å². The highest BCUT2D eigenvalue weighted by Crippen LogP contribution is 2.35. The third kappa shape index (κ3) is 4.07. The highest BCUT2D eigenvalue weighted by molar-refractivity contribution is 5.76. The first-order valence-electron chi connectivity index (χ1n) is 11.6. The highest BCUT2D eigenvalue weighted by atomic mass is 19.1. The predicted octanol–water partition coefficient (Wildman–Crippen LogP) is 6.02. The van der Waals surface area contributed by atoms with E-state index in [9.17, 15) is 4.39 Å². The third-order valence-electron chi connectivity index (χ3n) is 6.65. The SMILES string of the molecule is FC1=CCCC=C1Nc1nc2cnc(NC3CCCCC3)nc2n1C1CCCCC1. The molecule has 30 heavy (non-hydrogen) atoms. The molecule has 2 aromatic heterocycles. The molecule has 0 aromatic carbocycles. The van der Waals surface area contributed by atoms with Crippen molar-refractivity contribution in [2.45, 2.75) is 89.1 Å². The Morgan fingerprint density at radius 2 is 1.63 bits per heavy atom. The van der Waals surface area contributed by atoms with E-state index in [1.54, 1.807) is 12.3 Å². The third-order valence-corrected chi connectivity index (χ3v) is 6.65. The Kier molecular flexibility index (Phi) is 5.69. The summed E-state index contributed by atoms with van der Waals surface area (Å²) in [6.07, 6.45) is 19.1. The van der Waals surface area contributed by atoms with Gasteiger partial charge in [0, 0.05) is 12.1 Å². The van der Waals surface area contributed by atoms with Crippen molar-refractivity contribution in [1.82, 2.24) is 19.5 Å². The Balaban J connectivity index is 1.50. The van der Waals surface area contributed by atoms with E-state index in [0.29, 0.717) is 29.7 Å². The van der Waals surface area contributed by atoms with Crippen molar-refractivity contribution >= 4 is 23.1 Å². The van der Waals surface area contributed by atoms with Crippen LogP contribution in [0.3, 0.4) is 0 Å². The van der Waals surface area contributed by atoms with Crippen LogP contribution in [0.15, 0.2) is 29.9 Å². The molecule has 6 nitrogen and oxygen atoms in total. The van der Waals surface area contributed by atoms with Crippen LogP contribution in [0.2, 0.25) is 0 Å². The first-order valence-corrected chi connectivity index (χ1v) is 11.6. The number of nitrogens with zero attached hydrogens (tertiary/aromatic N) is 4. The maximum Gasteiger partial charge on any atom is 0.224 e. The number of hydrogen-bond donors (Lipinski definition) is 2. The second-order valence-corrected chi connectivity index (χ2v) is 8.85. The first-order chi connectivity index (χ1) is 14.8. The summed E-state index contributed by atoms with van der Waals surface area (Å²) in [4.78, 5) is 14.2. The van der Waals surface area contributed by atoms with Gasteiger partial charge in [0.1, 0.15) is 11.3 Å². The average molecular weight is 411 g/mol. The molecule has 0 amide bonds. The number of hydrogen-bond acceptors (Lipinski definition) is 5. The van der Waals surface area contributed by atoms with Gasteiger partial charge in [0.25, 0.3) is 0 Å². The molecule has 0 bridgehead atoms. The number of allylic oxidation sites excluding steroid dienone is 3. The zero-order valence-electron chi connectivity index (χ0n) is 17.5. The highest BCUT2D eigenvalue weighted by Gasteiger charge is 2.24. The van der Waals surface area contributed by atoms with E-state index in [1.165, 1.54) is 51.4 Å². The molecule has 0 atom stereocenters. The molecule has 3 aliphatic carbocycles. The number of rotatable bonds is 5. The lowest BCUT2D eigenvalue weighted by Gasteiger charge is -2.26. The van der Waals surface area contributed by atoms with Crippen LogP contribution in [0.5, 0.6) is 0 Å². The summed E-state index contributed by atoms with van der Waals surface area (Å²) in [6, 6.07) is 0.784. The van der Waals surface area contributed by atoms with Gasteiger partial charge in [-0.3, -0.25) is 4.57 Å². The van der Waals surface area contributed by atoms with Crippen molar-refractivity contribution in [2.24, 2.45) is 0 Å². The maximum atomic E-state index is 14.3. The molecule has 2 N–H and O–H groups in total. The lowest BCUT2D eigenvalue weighted by atomic mass is 9.95. The molecule has 0 aliphatic heterocycles. The second-order valence-electron chi connectivity index (χ2n) is 8.85. The Morgan fingerprint density at radius 1 is 0.900 bits per heavy atom. The van der Waals surface area contributed by atoms with Crippen LogP contribution in [0, 0.1) is 0 Å². The van der Waals surface area contributed by atoms with Gasteiger partial charge in [-0.2, -0.15) is 4.98 Å². The van der Waals surface area contributed by atoms with Gasteiger partial charge in [-0.05, 0) is 44.6 Å². The van der Waals surface area contributed by atoms with Crippen molar-refractivity contribution in [1.29, 1.82) is 0 Å². The molecular weight excluding hydrogens is 379 g/mol. The molecule has 0 radical (unpaired) electrons. The summed E-state index contributed by atoms with van der Waals surface area (Å²) in [7, 11) is 0. The van der Waals surface area contributed by atoms with E-state index in [-0.39, 0.29) is 5.83 Å². The molecule has 7 heteroatoms. The molecule has 0 unspecified atom stereocenters. The van der Waals surface area contributed by atoms with Crippen LogP contribution >= 0.6 is 0 Å². The molecule has 2 aromatic rings. The molecule has 0 saturated heterocycles. The summed E-state index contributed by atoms with van der Waals surface area (Å²) in [5.41, 5.74) is 2.12. The van der Waals surface area contributed by atoms with Crippen LogP contribution in [-0.4, -0.2) is 25.6 Å². The van der Waals surface area contributed by atoms with E-state index < -0.39 is 0 Å². The Hall–Kier alpha value is -2.44. The van der Waals surface area contributed by atoms with Gasteiger partial charge in [-0.1, -0.05) is 44.6 Å². The lowest BCUT2D eigenvalue weighted by molar-refractivity contribution is 0.361. The van der Waals surface area contributed by atoms with Gasteiger partial charge in [-0.15, -0.1) is 0 Å². The van der Waals surface area contributed by atoms with Crippen molar-refractivity contribution < 1.29 is 4.39 Å². The number of imidazole rings is 1. The summed E-state index contributed by atoms with van der Waals surface area (Å²) in [5.74, 6) is 1.16. The molecule has 160 valence electrons. The minimum absolute atomic E-state index is 0.200. The largest absolute Gasteiger partial charge is 0.351 e. The fourth-order valence-electron chi connectivity index (χ4n) is 5.04. The van der Waals surface area contributed by atoms with Crippen molar-refractivity contribution in [3.63, 3.8) is 0 Å². The predicted molar refractivity (Wildman–Crippen MR) is 118 cm³/mol. The fraction of sp³-hybridized carbons (Fsp3) is 0.609. The van der Waals surface area contributed by atoms with Gasteiger partial charge < -0.3 is 10.6 Å². The van der Waals surface area contributed by atoms with Crippen molar-refractivity contribution in [3.8, 4) is 0 Å². The number of aromatic nitrogens is 4. The average Bonchev–Trinajstić information content (AvgIpc) is 3.14. The van der Waals surface area contributed by atoms with Crippen LogP contribution < -0.4 is 10.6 Å². The maximum absolute atomic E-state index is 14.3. The minimum atomic E-state index is -0.200. The van der Waals surface area contributed by atoms with Gasteiger partial charge >= 0.3 is 0 Å². The smallest absolute Gasteiger partial charge is 0.224 e. The molecule has 2 fully saturated rings. The van der Waals surface area contributed by atoms with Crippen molar-refractivity contribution in [3.05, 3.63) is 29.9 Å². The number of halogens is 1. The second kappa shape index (κ2) is 8.74. The van der Waals surface area contributed by atoms with E-state index in [4.69, 9.17) is 9.97 Å². The molecule has 2 heterocycles. The van der Waals surface area contributed by atoms with Crippen LogP contribution in [-0.2, 0) is 0 Å². The van der Waals surface area contributed by atoms with Crippen LogP contribution in [0.1, 0.15) is 83.1 Å². The zero-order valence-corrected chi connectivity index (χ0v) is 17.5. The van der Waals surface area contributed by atoms with Gasteiger partial charge in [0.15, 0.2) is 5.65 Å². The van der Waals surface area contributed by atoms with Gasteiger partial charge in [0.05, 0.1) is 11.9 Å². The van der Waals surface area contributed by atoms with Crippen LogP contribution in [0.4, 0.5) is 16.3 Å². The normalized spacial score (nSPS) is 21.4. The standard InChI is InChI=1S/C23H31FN6/c24-18-13-7-8-14-19(18)27-23-28-20-15-25-22(26-16-9-3-1-4-10-16)29-21(20)30(23)17-11-5-2-6-12-17/h13-17H,1-12H2,(H,27,28)(H,25,26,29). The van der Waals surface area contributed by atoms with E-state index in [1.807, 2.05) is 6.08 Å². The van der Waals surface area contributed by atoms with Gasteiger partial charge in [0.2, 0.25) is 11.9 Å².